The molecule has 0 atom stereocenters. The minimum atomic E-state index is -0.419. The molecule has 0 N–H and O–H groups in total. The van der Waals surface area contributed by atoms with E-state index in [1.807, 2.05) is 0 Å². The van der Waals surface area contributed by atoms with Crippen LogP contribution in [0.5, 0.6) is 5.75 Å². The van der Waals surface area contributed by atoms with Gasteiger partial charge >= 0.3 is 5.97 Å². The molecule has 0 bridgehead atoms. The number of rotatable bonds is 6. The summed E-state index contributed by atoms with van der Waals surface area (Å²) in [6.07, 6.45) is 2.09. The zero-order chi connectivity index (χ0) is 17.5. The molecule has 0 radical (unpaired) electrons. The van der Waals surface area contributed by atoms with Crippen LogP contribution in [0.3, 0.4) is 0 Å². The highest BCUT2D eigenvalue weighted by Gasteiger charge is 2.27. The fourth-order valence-electron chi connectivity index (χ4n) is 2.90. The molecule has 1 aliphatic rings. The van der Waals surface area contributed by atoms with E-state index in [1.165, 1.54) is 13.2 Å². The monoisotopic (exact) mass is 337 g/mol. The van der Waals surface area contributed by atoms with E-state index in [-0.39, 0.29) is 23.5 Å². The van der Waals surface area contributed by atoms with E-state index in [0.717, 1.165) is 5.56 Å². The van der Waals surface area contributed by atoms with Crippen molar-refractivity contribution in [2.24, 2.45) is 5.92 Å². The summed E-state index contributed by atoms with van der Waals surface area (Å²) in [6.45, 7) is 3.31. The third kappa shape index (κ3) is 4.69. The van der Waals surface area contributed by atoms with Crippen LogP contribution in [0, 0.1) is 11.7 Å². The number of amides is 1. The number of likely N-dealkylation sites (tertiary alicyclic amines) is 1. The van der Waals surface area contributed by atoms with Gasteiger partial charge in [0.05, 0.1) is 19.6 Å². The lowest BCUT2D eigenvalue weighted by atomic mass is 9.96. The van der Waals surface area contributed by atoms with Crippen molar-refractivity contribution in [3.63, 3.8) is 0 Å². The molecule has 1 aliphatic heterocycles. The van der Waals surface area contributed by atoms with E-state index in [4.69, 9.17) is 9.47 Å². The van der Waals surface area contributed by atoms with Gasteiger partial charge in [-0.3, -0.25) is 9.59 Å². The van der Waals surface area contributed by atoms with Crippen LogP contribution < -0.4 is 4.74 Å². The molecule has 5 nitrogen and oxygen atoms in total. The SMILES string of the molecule is CCOC(=O)C1CCN(C(=O)CCc2ccc(OC)c(F)c2)CC1. The highest BCUT2D eigenvalue weighted by molar-refractivity contribution is 5.77. The van der Waals surface area contributed by atoms with Gasteiger partial charge in [0.1, 0.15) is 0 Å². The third-order valence-electron chi connectivity index (χ3n) is 4.31. The molecular formula is C18H24FNO4. The number of esters is 1. The van der Waals surface area contributed by atoms with E-state index in [2.05, 4.69) is 0 Å². The lowest BCUT2D eigenvalue weighted by Gasteiger charge is -2.31. The average molecular weight is 337 g/mol. The van der Waals surface area contributed by atoms with Crippen LogP contribution in [0.1, 0.15) is 31.7 Å². The molecule has 0 unspecified atom stereocenters. The smallest absolute Gasteiger partial charge is 0.309 e. The van der Waals surface area contributed by atoms with Gasteiger partial charge in [-0.15, -0.1) is 0 Å². The molecule has 1 saturated heterocycles. The number of piperidine rings is 1. The summed E-state index contributed by atoms with van der Waals surface area (Å²) in [5.41, 5.74) is 0.767. The van der Waals surface area contributed by atoms with Crippen molar-refractivity contribution in [1.82, 2.24) is 4.90 Å². The van der Waals surface area contributed by atoms with Gasteiger partial charge in [-0.25, -0.2) is 4.39 Å². The molecule has 1 heterocycles. The largest absolute Gasteiger partial charge is 0.494 e. The summed E-state index contributed by atoms with van der Waals surface area (Å²) in [4.78, 5) is 25.7. The first-order valence-corrected chi connectivity index (χ1v) is 8.32. The summed E-state index contributed by atoms with van der Waals surface area (Å²) in [6, 6.07) is 4.74. The molecule has 2 rings (SSSR count). The maximum absolute atomic E-state index is 13.6. The van der Waals surface area contributed by atoms with Crippen molar-refractivity contribution >= 4 is 11.9 Å². The first-order valence-electron chi connectivity index (χ1n) is 8.32. The predicted octanol–water partition coefficient (Wildman–Crippen LogP) is 2.57. The predicted molar refractivity (Wildman–Crippen MR) is 87.2 cm³/mol. The second-order valence-electron chi connectivity index (χ2n) is 5.88. The van der Waals surface area contributed by atoms with Crippen LogP contribution in [-0.4, -0.2) is 43.6 Å². The Morgan fingerprint density at radius 3 is 2.58 bits per heavy atom. The number of hydrogen-bond donors (Lipinski definition) is 0. The van der Waals surface area contributed by atoms with Crippen molar-refractivity contribution < 1.29 is 23.5 Å². The van der Waals surface area contributed by atoms with Crippen molar-refractivity contribution in [1.29, 1.82) is 0 Å². The van der Waals surface area contributed by atoms with E-state index < -0.39 is 5.82 Å². The normalized spacial score (nSPS) is 15.2. The quantitative estimate of drug-likeness (QED) is 0.749. The van der Waals surface area contributed by atoms with E-state index >= 15 is 0 Å². The number of ether oxygens (including phenoxy) is 2. The summed E-state index contributed by atoms with van der Waals surface area (Å²) in [7, 11) is 1.42. The zero-order valence-corrected chi connectivity index (χ0v) is 14.2. The third-order valence-corrected chi connectivity index (χ3v) is 4.31. The van der Waals surface area contributed by atoms with Crippen molar-refractivity contribution in [3.8, 4) is 5.75 Å². The Kier molecular flexibility index (Phi) is 6.58. The molecule has 0 spiro atoms. The van der Waals surface area contributed by atoms with Gasteiger partial charge in [-0.2, -0.15) is 0 Å². The van der Waals surface area contributed by atoms with E-state index in [0.29, 0.717) is 45.4 Å². The first kappa shape index (κ1) is 18.2. The summed E-state index contributed by atoms with van der Waals surface area (Å²) < 4.78 is 23.6. The van der Waals surface area contributed by atoms with Gasteiger partial charge in [0.2, 0.25) is 5.91 Å². The fourth-order valence-corrected chi connectivity index (χ4v) is 2.90. The van der Waals surface area contributed by atoms with Gasteiger partial charge in [-0.1, -0.05) is 6.07 Å². The fraction of sp³-hybridized carbons (Fsp3) is 0.556. The zero-order valence-electron chi connectivity index (χ0n) is 14.2. The van der Waals surface area contributed by atoms with Gasteiger partial charge in [0, 0.05) is 19.5 Å². The van der Waals surface area contributed by atoms with Crippen molar-refractivity contribution in [2.45, 2.75) is 32.6 Å². The highest BCUT2D eigenvalue weighted by Crippen LogP contribution is 2.21. The Bertz CT molecular complexity index is 582. The van der Waals surface area contributed by atoms with Crippen LogP contribution in [0.15, 0.2) is 18.2 Å². The average Bonchev–Trinajstić information content (AvgIpc) is 2.60. The number of benzene rings is 1. The number of aryl methyl sites for hydroxylation is 1. The lowest BCUT2D eigenvalue weighted by Crippen LogP contribution is -2.40. The topological polar surface area (TPSA) is 55.8 Å². The van der Waals surface area contributed by atoms with Crippen LogP contribution in [0.4, 0.5) is 4.39 Å². The second kappa shape index (κ2) is 8.66. The molecule has 1 fully saturated rings. The molecule has 1 amide bonds. The van der Waals surface area contributed by atoms with Crippen molar-refractivity contribution in [2.75, 3.05) is 26.8 Å². The number of halogens is 1. The van der Waals surface area contributed by atoms with Gasteiger partial charge in [0.25, 0.3) is 0 Å². The molecular weight excluding hydrogens is 313 g/mol. The molecule has 0 aliphatic carbocycles. The molecule has 1 aromatic carbocycles. The molecule has 6 heteroatoms. The number of nitrogens with zero attached hydrogens (tertiary/aromatic N) is 1. The van der Waals surface area contributed by atoms with Crippen LogP contribution in [0.2, 0.25) is 0 Å². The summed E-state index contributed by atoms with van der Waals surface area (Å²) in [5, 5.41) is 0. The number of hydrogen-bond acceptors (Lipinski definition) is 4. The molecule has 24 heavy (non-hydrogen) atoms. The summed E-state index contributed by atoms with van der Waals surface area (Å²) >= 11 is 0. The first-order chi connectivity index (χ1) is 11.5. The van der Waals surface area contributed by atoms with Crippen molar-refractivity contribution in [3.05, 3.63) is 29.6 Å². The molecule has 0 saturated carbocycles. The van der Waals surface area contributed by atoms with E-state index in [1.54, 1.807) is 24.0 Å². The number of methoxy groups -OCH3 is 1. The van der Waals surface area contributed by atoms with Crippen LogP contribution >= 0.6 is 0 Å². The Balaban J connectivity index is 1.79. The van der Waals surface area contributed by atoms with Crippen LogP contribution in [0.25, 0.3) is 0 Å². The standard InChI is InChI=1S/C18H24FNO4/c1-3-24-18(22)14-8-10-20(11-9-14)17(21)7-5-13-4-6-16(23-2)15(19)12-13/h4,6,12,14H,3,5,7-11H2,1-2H3. The molecule has 0 aromatic heterocycles. The summed E-state index contributed by atoms with van der Waals surface area (Å²) in [5.74, 6) is -0.458. The Morgan fingerprint density at radius 2 is 2.00 bits per heavy atom. The maximum atomic E-state index is 13.6. The van der Waals surface area contributed by atoms with E-state index in [9.17, 15) is 14.0 Å². The van der Waals surface area contributed by atoms with Gasteiger partial charge in [0.15, 0.2) is 11.6 Å². The molecule has 1 aromatic rings. The van der Waals surface area contributed by atoms with Crippen LogP contribution in [-0.2, 0) is 20.7 Å². The lowest BCUT2D eigenvalue weighted by molar-refractivity contribution is -0.151. The minimum Gasteiger partial charge on any atom is -0.494 e. The molecule has 132 valence electrons. The number of carbonyl (C=O) groups excluding carboxylic acids is 2. The number of carbonyl (C=O) groups is 2. The Hall–Kier alpha value is -2.11. The second-order valence-corrected chi connectivity index (χ2v) is 5.88. The highest BCUT2D eigenvalue weighted by atomic mass is 19.1. The van der Waals surface area contributed by atoms with Gasteiger partial charge in [-0.05, 0) is 43.9 Å². The van der Waals surface area contributed by atoms with Gasteiger partial charge < -0.3 is 14.4 Å². The Labute approximate surface area is 141 Å². The maximum Gasteiger partial charge on any atom is 0.309 e. The minimum absolute atomic E-state index is 0.0357. The Morgan fingerprint density at radius 1 is 1.29 bits per heavy atom.